The zero-order valence-electron chi connectivity index (χ0n) is 10.5. The van der Waals surface area contributed by atoms with E-state index < -0.39 is 10.0 Å². The highest BCUT2D eigenvalue weighted by Crippen LogP contribution is 2.37. The Balaban J connectivity index is 1.79. The lowest BCUT2D eigenvalue weighted by atomic mass is 10.4. The number of nitrogens with one attached hydrogen (secondary N) is 2. The number of aromatic amines is 1. The average Bonchev–Trinajstić information content (AvgIpc) is 2.98. The van der Waals surface area contributed by atoms with Crippen LogP contribution in [0.4, 0.5) is 0 Å². The fraction of sp³-hybridized carbons (Fsp3) is 0.500. The van der Waals surface area contributed by atoms with Gasteiger partial charge < -0.3 is 9.67 Å². The molecule has 20 heavy (non-hydrogen) atoms. The van der Waals surface area contributed by atoms with Gasteiger partial charge in [-0.05, 0) is 18.9 Å². The van der Waals surface area contributed by atoms with Crippen LogP contribution in [0.15, 0.2) is 17.2 Å². The standard InChI is InChI=1S/C10H14N6O3S/c17-6-8-3-9(5-16(8)7-1-2-7)20(18,19)11-4-10-12-14-15-13-10/h3,5,7,11,17H,1-2,4,6H2,(H,12,13,14,15). The molecule has 0 aromatic carbocycles. The van der Waals surface area contributed by atoms with Gasteiger partial charge in [0.25, 0.3) is 0 Å². The molecule has 0 aliphatic heterocycles. The second-order valence-electron chi connectivity index (χ2n) is 4.62. The van der Waals surface area contributed by atoms with Gasteiger partial charge in [0.05, 0.1) is 18.0 Å². The maximum Gasteiger partial charge on any atom is 0.242 e. The fourth-order valence-corrected chi connectivity index (χ4v) is 2.99. The lowest BCUT2D eigenvalue weighted by molar-refractivity contribution is 0.270. The number of tetrazole rings is 1. The van der Waals surface area contributed by atoms with E-state index in [1.54, 1.807) is 6.20 Å². The van der Waals surface area contributed by atoms with Crippen LogP contribution in [0.25, 0.3) is 0 Å². The second kappa shape index (κ2) is 4.96. The molecule has 0 atom stereocenters. The van der Waals surface area contributed by atoms with Crippen LogP contribution in [-0.4, -0.2) is 38.7 Å². The molecular formula is C10H14N6O3S. The zero-order chi connectivity index (χ0) is 14.2. The number of aliphatic hydroxyl groups excluding tert-OH is 1. The Hall–Kier alpha value is -1.78. The van der Waals surface area contributed by atoms with Crippen LogP contribution in [0.1, 0.15) is 30.4 Å². The smallest absolute Gasteiger partial charge is 0.242 e. The van der Waals surface area contributed by atoms with Crippen LogP contribution in [0, 0.1) is 0 Å². The summed E-state index contributed by atoms with van der Waals surface area (Å²) in [5, 5.41) is 22.2. The van der Waals surface area contributed by atoms with Crippen LogP contribution in [0.2, 0.25) is 0 Å². The molecule has 2 aromatic heterocycles. The van der Waals surface area contributed by atoms with Gasteiger partial charge in [-0.3, -0.25) is 0 Å². The molecule has 1 fully saturated rings. The maximum absolute atomic E-state index is 12.2. The van der Waals surface area contributed by atoms with Crippen molar-refractivity contribution in [2.45, 2.75) is 36.9 Å². The molecule has 1 saturated carbocycles. The molecule has 10 heteroatoms. The van der Waals surface area contributed by atoms with E-state index in [-0.39, 0.29) is 23.9 Å². The summed E-state index contributed by atoms with van der Waals surface area (Å²) in [6.07, 6.45) is 3.58. The van der Waals surface area contributed by atoms with Crippen molar-refractivity contribution in [3.63, 3.8) is 0 Å². The highest BCUT2D eigenvalue weighted by molar-refractivity contribution is 7.89. The summed E-state index contributed by atoms with van der Waals surface area (Å²) in [5.74, 6) is 0.262. The van der Waals surface area contributed by atoms with Gasteiger partial charge in [-0.25, -0.2) is 13.1 Å². The second-order valence-corrected chi connectivity index (χ2v) is 6.38. The molecule has 0 unspecified atom stereocenters. The molecule has 108 valence electrons. The predicted molar refractivity (Wildman–Crippen MR) is 66.8 cm³/mol. The molecule has 3 N–H and O–H groups in total. The Labute approximate surface area is 115 Å². The van der Waals surface area contributed by atoms with Crippen molar-refractivity contribution in [2.75, 3.05) is 0 Å². The Morgan fingerprint density at radius 3 is 2.90 bits per heavy atom. The molecule has 2 aromatic rings. The topological polar surface area (TPSA) is 126 Å². The number of hydrogen-bond donors (Lipinski definition) is 3. The SMILES string of the molecule is O=S(=O)(NCc1nn[nH]n1)c1cc(CO)n(C2CC2)c1. The monoisotopic (exact) mass is 298 g/mol. The van der Waals surface area contributed by atoms with Gasteiger partial charge in [-0.1, -0.05) is 5.21 Å². The minimum atomic E-state index is -3.66. The first-order valence-electron chi connectivity index (χ1n) is 6.14. The third-order valence-electron chi connectivity index (χ3n) is 3.13. The van der Waals surface area contributed by atoms with E-state index >= 15 is 0 Å². The zero-order valence-corrected chi connectivity index (χ0v) is 11.3. The van der Waals surface area contributed by atoms with Crippen LogP contribution in [0.5, 0.6) is 0 Å². The first-order valence-corrected chi connectivity index (χ1v) is 7.62. The Bertz CT molecular complexity index is 689. The quantitative estimate of drug-likeness (QED) is 0.648. The molecule has 0 radical (unpaired) electrons. The molecule has 3 rings (SSSR count). The number of rotatable bonds is 6. The minimum absolute atomic E-state index is 0.0398. The Morgan fingerprint density at radius 2 is 2.30 bits per heavy atom. The molecule has 1 aliphatic carbocycles. The fourth-order valence-electron chi connectivity index (χ4n) is 1.96. The van der Waals surface area contributed by atoms with E-state index in [0.717, 1.165) is 12.8 Å². The van der Waals surface area contributed by atoms with Crippen molar-refractivity contribution in [1.29, 1.82) is 0 Å². The van der Waals surface area contributed by atoms with Crippen molar-refractivity contribution in [1.82, 2.24) is 29.9 Å². The van der Waals surface area contributed by atoms with E-state index in [0.29, 0.717) is 11.7 Å². The van der Waals surface area contributed by atoms with Gasteiger partial charge in [0.2, 0.25) is 10.0 Å². The summed E-state index contributed by atoms with van der Waals surface area (Å²) >= 11 is 0. The predicted octanol–water partition coefficient (Wildman–Crippen LogP) is -0.693. The van der Waals surface area contributed by atoms with E-state index in [1.165, 1.54) is 6.07 Å². The van der Waals surface area contributed by atoms with Gasteiger partial charge in [0, 0.05) is 17.9 Å². The Kier molecular flexibility index (Phi) is 3.28. The molecule has 2 heterocycles. The van der Waals surface area contributed by atoms with Gasteiger partial charge in [0.15, 0.2) is 5.82 Å². The highest BCUT2D eigenvalue weighted by Gasteiger charge is 2.28. The number of sulfonamides is 1. The molecule has 0 saturated heterocycles. The lowest BCUT2D eigenvalue weighted by Gasteiger charge is -2.03. The van der Waals surface area contributed by atoms with Crippen LogP contribution < -0.4 is 4.72 Å². The van der Waals surface area contributed by atoms with E-state index in [9.17, 15) is 13.5 Å². The van der Waals surface area contributed by atoms with Gasteiger partial charge in [-0.15, -0.1) is 10.2 Å². The highest BCUT2D eigenvalue weighted by atomic mass is 32.2. The van der Waals surface area contributed by atoms with Crippen molar-refractivity contribution in [3.8, 4) is 0 Å². The molecule has 9 nitrogen and oxygen atoms in total. The van der Waals surface area contributed by atoms with Crippen molar-refractivity contribution >= 4 is 10.0 Å². The molecule has 0 spiro atoms. The third-order valence-corrected chi connectivity index (χ3v) is 4.50. The van der Waals surface area contributed by atoms with Crippen molar-refractivity contribution in [3.05, 3.63) is 23.8 Å². The normalized spacial score (nSPS) is 15.7. The number of nitrogens with zero attached hydrogens (tertiary/aromatic N) is 4. The number of hydrogen-bond acceptors (Lipinski definition) is 6. The number of H-pyrrole nitrogens is 1. The van der Waals surface area contributed by atoms with Crippen LogP contribution in [0.3, 0.4) is 0 Å². The van der Waals surface area contributed by atoms with Crippen LogP contribution in [-0.2, 0) is 23.2 Å². The van der Waals surface area contributed by atoms with Gasteiger partial charge >= 0.3 is 0 Å². The Morgan fingerprint density at radius 1 is 1.50 bits per heavy atom. The average molecular weight is 298 g/mol. The van der Waals surface area contributed by atoms with Crippen LogP contribution >= 0.6 is 0 Å². The molecule has 0 bridgehead atoms. The lowest BCUT2D eigenvalue weighted by Crippen LogP contribution is -2.23. The molecule has 0 amide bonds. The van der Waals surface area contributed by atoms with Crippen molar-refractivity contribution in [2.24, 2.45) is 0 Å². The largest absolute Gasteiger partial charge is 0.390 e. The summed E-state index contributed by atoms with van der Waals surface area (Å²) in [6.45, 7) is -0.223. The molecular weight excluding hydrogens is 284 g/mol. The maximum atomic E-state index is 12.2. The van der Waals surface area contributed by atoms with Gasteiger partial charge in [-0.2, -0.15) is 5.21 Å². The summed E-state index contributed by atoms with van der Waals surface area (Å²) in [6, 6.07) is 1.79. The van der Waals surface area contributed by atoms with E-state index in [2.05, 4.69) is 25.3 Å². The summed E-state index contributed by atoms with van der Waals surface area (Å²) in [5.41, 5.74) is 0.604. The minimum Gasteiger partial charge on any atom is -0.390 e. The van der Waals surface area contributed by atoms with E-state index in [4.69, 9.17) is 0 Å². The van der Waals surface area contributed by atoms with Gasteiger partial charge in [0.1, 0.15) is 0 Å². The molecule has 1 aliphatic rings. The summed E-state index contributed by atoms with van der Waals surface area (Å²) < 4.78 is 28.5. The van der Waals surface area contributed by atoms with E-state index in [1.807, 2.05) is 4.57 Å². The third kappa shape index (κ3) is 2.57. The summed E-state index contributed by atoms with van der Waals surface area (Å²) in [4.78, 5) is 0.136. The van der Waals surface area contributed by atoms with Crippen molar-refractivity contribution < 1.29 is 13.5 Å². The first kappa shape index (κ1) is 13.2. The number of aliphatic hydroxyl groups is 1. The summed E-state index contributed by atoms with van der Waals surface area (Å²) in [7, 11) is -3.66. The number of aromatic nitrogens is 5. The first-order chi connectivity index (χ1) is 9.60.